The third kappa shape index (κ3) is 3.21. The van der Waals surface area contributed by atoms with E-state index >= 15 is 0 Å². The first-order chi connectivity index (χ1) is 7.95. The second-order valence-electron chi connectivity index (χ2n) is 3.20. The topological polar surface area (TPSA) is 12.9 Å². The van der Waals surface area contributed by atoms with Gasteiger partial charge in [-0.3, -0.25) is 4.98 Å². The fourth-order valence-electron chi connectivity index (χ4n) is 1.24. The Morgan fingerprint density at radius 3 is 2.81 bits per heavy atom. The number of allylic oxidation sites excluding steroid dienone is 2. The van der Waals surface area contributed by atoms with Crippen LogP contribution in [0.1, 0.15) is 11.3 Å². The monoisotopic (exact) mass is 205 g/mol. The average molecular weight is 205 g/mol. The molecule has 0 spiro atoms. The van der Waals surface area contributed by atoms with Crippen LogP contribution in [0, 0.1) is 12.1 Å². The summed E-state index contributed by atoms with van der Waals surface area (Å²) >= 11 is 0. The molecule has 0 saturated heterocycles. The van der Waals surface area contributed by atoms with Crippen LogP contribution in [0.4, 0.5) is 0 Å². The van der Waals surface area contributed by atoms with Gasteiger partial charge in [0.2, 0.25) is 0 Å². The average Bonchev–Trinajstić information content (AvgIpc) is 2.37. The van der Waals surface area contributed by atoms with Gasteiger partial charge in [-0.2, -0.15) is 0 Å². The fourth-order valence-corrected chi connectivity index (χ4v) is 1.24. The molecule has 1 aromatic heterocycles. The van der Waals surface area contributed by atoms with Crippen molar-refractivity contribution in [1.29, 1.82) is 0 Å². The smallest absolute Gasteiger partial charge is 0.0708 e. The second-order valence-corrected chi connectivity index (χ2v) is 3.20. The molecule has 16 heavy (non-hydrogen) atoms. The van der Waals surface area contributed by atoms with Gasteiger partial charge in [0.05, 0.1) is 5.69 Å². The van der Waals surface area contributed by atoms with E-state index in [9.17, 15) is 0 Å². The molecule has 0 saturated carbocycles. The van der Waals surface area contributed by atoms with Crippen molar-refractivity contribution in [2.75, 3.05) is 0 Å². The molecule has 2 aromatic rings. The van der Waals surface area contributed by atoms with Gasteiger partial charge >= 0.3 is 0 Å². The molecular weight excluding hydrogens is 194 g/mol. The SMILES string of the molecule is [C](=CC=Cc1[c]cccc1)c1ccccn1. The Morgan fingerprint density at radius 1 is 1.12 bits per heavy atom. The number of rotatable bonds is 3. The van der Waals surface area contributed by atoms with Gasteiger partial charge in [0.15, 0.2) is 0 Å². The predicted octanol–water partition coefficient (Wildman–Crippen LogP) is 3.30. The van der Waals surface area contributed by atoms with Crippen molar-refractivity contribution in [2.24, 2.45) is 0 Å². The van der Waals surface area contributed by atoms with Crippen LogP contribution in [-0.4, -0.2) is 4.98 Å². The number of benzene rings is 1. The summed E-state index contributed by atoms with van der Waals surface area (Å²) in [7, 11) is 0. The molecule has 0 N–H and O–H groups in total. The molecule has 0 aliphatic carbocycles. The van der Waals surface area contributed by atoms with E-state index in [2.05, 4.69) is 17.1 Å². The summed E-state index contributed by atoms with van der Waals surface area (Å²) < 4.78 is 0. The Kier molecular flexibility index (Phi) is 3.67. The van der Waals surface area contributed by atoms with Crippen LogP contribution >= 0.6 is 0 Å². The molecule has 2 radical (unpaired) electrons. The molecule has 0 aliphatic heterocycles. The molecule has 1 aromatic carbocycles. The molecule has 76 valence electrons. The van der Waals surface area contributed by atoms with Crippen molar-refractivity contribution >= 4 is 6.08 Å². The van der Waals surface area contributed by atoms with Crippen molar-refractivity contribution in [1.82, 2.24) is 4.98 Å². The van der Waals surface area contributed by atoms with Crippen molar-refractivity contribution in [3.63, 3.8) is 0 Å². The first-order valence-corrected chi connectivity index (χ1v) is 5.09. The van der Waals surface area contributed by atoms with Crippen molar-refractivity contribution in [2.45, 2.75) is 0 Å². The first-order valence-electron chi connectivity index (χ1n) is 5.09. The molecular formula is C15H11N. The van der Waals surface area contributed by atoms with Gasteiger partial charge in [0, 0.05) is 12.3 Å². The van der Waals surface area contributed by atoms with Gasteiger partial charge in [0.1, 0.15) is 0 Å². The molecule has 0 unspecified atom stereocenters. The van der Waals surface area contributed by atoms with E-state index in [1.165, 1.54) is 0 Å². The highest BCUT2D eigenvalue weighted by Gasteiger charge is 1.83. The largest absolute Gasteiger partial charge is 0.256 e. The maximum absolute atomic E-state index is 4.14. The van der Waals surface area contributed by atoms with Crippen LogP contribution in [0.3, 0.4) is 0 Å². The van der Waals surface area contributed by atoms with E-state index in [4.69, 9.17) is 0 Å². The van der Waals surface area contributed by atoms with Crippen LogP contribution in [0.2, 0.25) is 0 Å². The summed E-state index contributed by atoms with van der Waals surface area (Å²) in [5.74, 6) is 0. The highest BCUT2D eigenvalue weighted by Crippen LogP contribution is 2.00. The number of nitrogens with zero attached hydrogens (tertiary/aromatic N) is 1. The van der Waals surface area contributed by atoms with E-state index in [-0.39, 0.29) is 0 Å². The Morgan fingerprint density at radius 2 is 2.06 bits per heavy atom. The van der Waals surface area contributed by atoms with E-state index in [0.717, 1.165) is 11.3 Å². The van der Waals surface area contributed by atoms with Crippen LogP contribution in [0.5, 0.6) is 0 Å². The predicted molar refractivity (Wildman–Crippen MR) is 65.5 cm³/mol. The maximum atomic E-state index is 4.14. The zero-order valence-electron chi connectivity index (χ0n) is 8.80. The molecule has 0 aliphatic rings. The highest BCUT2D eigenvalue weighted by atomic mass is 14.6. The summed E-state index contributed by atoms with van der Waals surface area (Å²) in [6, 6.07) is 16.7. The third-order valence-electron chi connectivity index (χ3n) is 2.00. The normalized spacial score (nSPS) is 11.2. The Labute approximate surface area is 95.8 Å². The first kappa shape index (κ1) is 10.4. The Balaban J connectivity index is 1.98. The molecule has 2 rings (SSSR count). The minimum absolute atomic E-state index is 0.837. The number of hydrogen-bond donors (Lipinski definition) is 0. The van der Waals surface area contributed by atoms with Crippen LogP contribution in [0.15, 0.2) is 60.8 Å². The van der Waals surface area contributed by atoms with Crippen molar-refractivity contribution in [3.05, 3.63) is 84.2 Å². The Hall–Kier alpha value is -2.15. The van der Waals surface area contributed by atoms with E-state index in [1.54, 1.807) is 6.20 Å². The zero-order chi connectivity index (χ0) is 11.1. The summed E-state index contributed by atoms with van der Waals surface area (Å²) in [6.07, 6.45) is 10.6. The van der Waals surface area contributed by atoms with Gasteiger partial charge in [-0.25, -0.2) is 0 Å². The quantitative estimate of drug-likeness (QED) is 0.700. The minimum Gasteiger partial charge on any atom is -0.256 e. The second kappa shape index (κ2) is 5.66. The van der Waals surface area contributed by atoms with E-state index < -0.39 is 0 Å². The lowest BCUT2D eigenvalue weighted by atomic mass is 10.2. The third-order valence-corrected chi connectivity index (χ3v) is 2.00. The molecule has 0 fully saturated rings. The number of aromatic nitrogens is 1. The van der Waals surface area contributed by atoms with Gasteiger partial charge in [0.25, 0.3) is 0 Å². The summed E-state index contributed by atoms with van der Waals surface area (Å²) in [6.45, 7) is 0. The van der Waals surface area contributed by atoms with E-state index in [0.29, 0.717) is 0 Å². The fraction of sp³-hybridized carbons (Fsp3) is 0. The summed E-state index contributed by atoms with van der Waals surface area (Å²) in [5, 5.41) is 0. The number of pyridine rings is 1. The molecule has 0 bridgehead atoms. The summed E-state index contributed by atoms with van der Waals surface area (Å²) in [5.41, 5.74) is 1.89. The molecule has 0 atom stereocenters. The van der Waals surface area contributed by atoms with E-state index in [1.807, 2.05) is 60.7 Å². The van der Waals surface area contributed by atoms with Crippen LogP contribution in [0.25, 0.3) is 6.08 Å². The van der Waals surface area contributed by atoms with Gasteiger partial charge in [-0.15, -0.1) is 0 Å². The Bertz CT molecular complexity index is 422. The molecule has 1 nitrogen and oxygen atoms in total. The van der Waals surface area contributed by atoms with Crippen molar-refractivity contribution in [3.8, 4) is 0 Å². The lowest BCUT2D eigenvalue weighted by molar-refractivity contribution is 1.25. The maximum Gasteiger partial charge on any atom is 0.0708 e. The van der Waals surface area contributed by atoms with Crippen LogP contribution < -0.4 is 0 Å². The van der Waals surface area contributed by atoms with Crippen LogP contribution in [-0.2, 0) is 0 Å². The zero-order valence-corrected chi connectivity index (χ0v) is 8.80. The van der Waals surface area contributed by atoms with Gasteiger partial charge in [-0.1, -0.05) is 48.6 Å². The molecule has 1 heteroatoms. The highest BCUT2D eigenvalue weighted by molar-refractivity contribution is 5.49. The van der Waals surface area contributed by atoms with Gasteiger partial charge < -0.3 is 0 Å². The summed E-state index contributed by atoms with van der Waals surface area (Å²) in [4.78, 5) is 4.14. The lowest BCUT2D eigenvalue weighted by Crippen LogP contribution is -1.77. The number of hydrogen-bond acceptors (Lipinski definition) is 1. The molecule has 0 amide bonds. The minimum atomic E-state index is 0.837. The van der Waals surface area contributed by atoms with Crippen molar-refractivity contribution < 1.29 is 0 Å². The standard InChI is InChI=1S/C15H11N/c1-2-8-14(9-3-1)10-4-5-11-15-12-6-7-13-16-15/h1-8,10,12-13H. The van der Waals surface area contributed by atoms with Gasteiger partial charge in [-0.05, 0) is 23.8 Å². The molecule has 1 heterocycles. The lowest BCUT2D eigenvalue weighted by Gasteiger charge is -1.88.